The fourth-order valence-electron chi connectivity index (χ4n) is 1.65. The molecular weight excluding hydrogens is 212 g/mol. The minimum absolute atomic E-state index is 0.746. The molecular formula is C15H24S. The standard InChI is InChI=1S/C15H24S/c1-12(2)8-9-16-15-7-5-6-14(11-15)10-13(3)4/h5-7,11-13H,8-10H2,1-4H3. The van der Waals surface area contributed by atoms with Crippen molar-refractivity contribution in [3.8, 4) is 0 Å². The topological polar surface area (TPSA) is 0 Å². The van der Waals surface area contributed by atoms with E-state index in [1.54, 1.807) is 0 Å². The maximum Gasteiger partial charge on any atom is 0.00746 e. The van der Waals surface area contributed by atoms with Crippen LogP contribution in [-0.4, -0.2) is 5.75 Å². The van der Waals surface area contributed by atoms with E-state index in [1.165, 1.54) is 29.1 Å². The zero-order valence-corrected chi connectivity index (χ0v) is 11.8. The first kappa shape index (κ1) is 13.6. The summed E-state index contributed by atoms with van der Waals surface area (Å²) in [7, 11) is 0. The predicted molar refractivity (Wildman–Crippen MR) is 75.2 cm³/mol. The van der Waals surface area contributed by atoms with Crippen molar-refractivity contribution in [2.24, 2.45) is 11.8 Å². The highest BCUT2D eigenvalue weighted by Crippen LogP contribution is 2.22. The zero-order valence-electron chi connectivity index (χ0n) is 11.0. The molecule has 90 valence electrons. The highest BCUT2D eigenvalue weighted by atomic mass is 32.2. The van der Waals surface area contributed by atoms with Gasteiger partial charge in [-0.1, -0.05) is 39.8 Å². The Morgan fingerprint density at radius 2 is 1.81 bits per heavy atom. The molecule has 1 aromatic carbocycles. The molecule has 0 N–H and O–H groups in total. The lowest BCUT2D eigenvalue weighted by Crippen LogP contribution is -1.94. The van der Waals surface area contributed by atoms with Gasteiger partial charge in [-0.25, -0.2) is 0 Å². The Kier molecular flexibility index (Phi) is 5.97. The van der Waals surface area contributed by atoms with E-state index in [1.807, 2.05) is 11.8 Å². The predicted octanol–water partition coefficient (Wildman–Crippen LogP) is 5.02. The molecule has 0 saturated carbocycles. The van der Waals surface area contributed by atoms with Crippen molar-refractivity contribution in [2.45, 2.75) is 45.4 Å². The van der Waals surface area contributed by atoms with Crippen LogP contribution in [0.2, 0.25) is 0 Å². The Morgan fingerprint density at radius 1 is 1.06 bits per heavy atom. The van der Waals surface area contributed by atoms with Gasteiger partial charge in [0.1, 0.15) is 0 Å². The van der Waals surface area contributed by atoms with Gasteiger partial charge in [-0.15, -0.1) is 11.8 Å². The lowest BCUT2D eigenvalue weighted by atomic mass is 10.0. The molecule has 0 aliphatic heterocycles. The average Bonchev–Trinajstić information content (AvgIpc) is 2.16. The Bertz CT molecular complexity index is 302. The van der Waals surface area contributed by atoms with E-state index in [9.17, 15) is 0 Å². The van der Waals surface area contributed by atoms with Crippen molar-refractivity contribution in [1.82, 2.24) is 0 Å². The van der Waals surface area contributed by atoms with Crippen molar-refractivity contribution in [1.29, 1.82) is 0 Å². The van der Waals surface area contributed by atoms with Gasteiger partial charge in [0.2, 0.25) is 0 Å². The molecule has 0 nitrogen and oxygen atoms in total. The molecule has 0 aliphatic rings. The molecule has 1 aromatic rings. The molecule has 0 aliphatic carbocycles. The lowest BCUT2D eigenvalue weighted by Gasteiger charge is -2.08. The lowest BCUT2D eigenvalue weighted by molar-refractivity contribution is 0.632. The Hall–Kier alpha value is -0.430. The molecule has 0 atom stereocenters. The summed E-state index contributed by atoms with van der Waals surface area (Å²) >= 11 is 1.99. The molecule has 0 spiro atoms. The zero-order chi connectivity index (χ0) is 12.0. The van der Waals surface area contributed by atoms with Crippen LogP contribution in [0, 0.1) is 11.8 Å². The van der Waals surface area contributed by atoms with Crippen LogP contribution < -0.4 is 0 Å². The third-order valence-electron chi connectivity index (χ3n) is 2.51. The molecule has 0 unspecified atom stereocenters. The fourth-order valence-corrected chi connectivity index (χ4v) is 2.88. The first-order valence-electron chi connectivity index (χ1n) is 6.29. The van der Waals surface area contributed by atoms with Gasteiger partial charge in [0, 0.05) is 4.90 Å². The van der Waals surface area contributed by atoms with Crippen molar-refractivity contribution < 1.29 is 0 Å². The number of hydrogen-bond donors (Lipinski definition) is 0. The minimum atomic E-state index is 0.746. The molecule has 16 heavy (non-hydrogen) atoms. The second-order valence-electron chi connectivity index (χ2n) is 5.28. The Labute approximate surface area is 105 Å². The summed E-state index contributed by atoms with van der Waals surface area (Å²) in [5.41, 5.74) is 1.48. The summed E-state index contributed by atoms with van der Waals surface area (Å²) < 4.78 is 0. The molecule has 0 amide bonds. The Morgan fingerprint density at radius 3 is 2.44 bits per heavy atom. The molecule has 0 heterocycles. The van der Waals surface area contributed by atoms with Gasteiger partial charge in [0.05, 0.1) is 0 Å². The average molecular weight is 236 g/mol. The van der Waals surface area contributed by atoms with Crippen molar-refractivity contribution in [3.63, 3.8) is 0 Å². The van der Waals surface area contributed by atoms with Crippen LogP contribution in [0.4, 0.5) is 0 Å². The van der Waals surface area contributed by atoms with Gasteiger partial charge in [0.15, 0.2) is 0 Å². The first-order valence-corrected chi connectivity index (χ1v) is 7.28. The molecule has 0 saturated heterocycles. The van der Waals surface area contributed by atoms with Crippen molar-refractivity contribution in [2.75, 3.05) is 5.75 Å². The summed E-state index contributed by atoms with van der Waals surface area (Å²) in [6.07, 6.45) is 2.50. The van der Waals surface area contributed by atoms with E-state index < -0.39 is 0 Å². The number of thioether (sulfide) groups is 1. The quantitative estimate of drug-likeness (QED) is 0.625. The van der Waals surface area contributed by atoms with Gasteiger partial charge >= 0.3 is 0 Å². The van der Waals surface area contributed by atoms with Crippen LogP contribution in [-0.2, 0) is 6.42 Å². The van der Waals surface area contributed by atoms with E-state index in [4.69, 9.17) is 0 Å². The van der Waals surface area contributed by atoms with E-state index >= 15 is 0 Å². The SMILES string of the molecule is CC(C)CCSc1cccc(CC(C)C)c1. The van der Waals surface area contributed by atoms with Gasteiger partial charge < -0.3 is 0 Å². The summed E-state index contributed by atoms with van der Waals surface area (Å²) in [6.45, 7) is 9.13. The van der Waals surface area contributed by atoms with Crippen LogP contribution in [0.25, 0.3) is 0 Å². The summed E-state index contributed by atoms with van der Waals surface area (Å²) in [4.78, 5) is 1.43. The molecule has 0 aromatic heterocycles. The first-order chi connectivity index (χ1) is 7.58. The van der Waals surface area contributed by atoms with E-state index in [0.29, 0.717) is 0 Å². The monoisotopic (exact) mass is 236 g/mol. The van der Waals surface area contributed by atoms with Crippen LogP contribution in [0.3, 0.4) is 0 Å². The second-order valence-corrected chi connectivity index (χ2v) is 6.44. The van der Waals surface area contributed by atoms with Crippen LogP contribution >= 0.6 is 11.8 Å². The molecule has 1 rings (SSSR count). The van der Waals surface area contributed by atoms with Crippen LogP contribution in [0.5, 0.6) is 0 Å². The van der Waals surface area contributed by atoms with E-state index in [2.05, 4.69) is 52.0 Å². The second kappa shape index (κ2) is 7.01. The summed E-state index contributed by atoms with van der Waals surface area (Å²) in [5.74, 6) is 2.80. The number of hydrogen-bond acceptors (Lipinski definition) is 1. The number of benzene rings is 1. The largest absolute Gasteiger partial charge is 0.126 e. The van der Waals surface area contributed by atoms with Gasteiger partial charge in [-0.05, 0) is 48.1 Å². The van der Waals surface area contributed by atoms with Crippen molar-refractivity contribution >= 4 is 11.8 Å². The van der Waals surface area contributed by atoms with Crippen LogP contribution in [0.15, 0.2) is 29.2 Å². The van der Waals surface area contributed by atoms with E-state index in [0.717, 1.165) is 11.8 Å². The highest BCUT2D eigenvalue weighted by Gasteiger charge is 2.00. The maximum atomic E-state index is 2.35. The molecule has 0 bridgehead atoms. The third kappa shape index (κ3) is 5.60. The Balaban J connectivity index is 2.47. The number of rotatable bonds is 6. The molecule has 0 fully saturated rings. The highest BCUT2D eigenvalue weighted by molar-refractivity contribution is 7.99. The van der Waals surface area contributed by atoms with Gasteiger partial charge in [-0.2, -0.15) is 0 Å². The van der Waals surface area contributed by atoms with Crippen LogP contribution in [0.1, 0.15) is 39.7 Å². The molecule has 1 heteroatoms. The van der Waals surface area contributed by atoms with Gasteiger partial charge in [0.25, 0.3) is 0 Å². The summed E-state index contributed by atoms with van der Waals surface area (Å²) in [5, 5.41) is 0. The molecule has 0 radical (unpaired) electrons. The van der Waals surface area contributed by atoms with Crippen molar-refractivity contribution in [3.05, 3.63) is 29.8 Å². The summed E-state index contributed by atoms with van der Waals surface area (Å²) in [6, 6.07) is 9.02. The maximum absolute atomic E-state index is 2.35. The van der Waals surface area contributed by atoms with E-state index in [-0.39, 0.29) is 0 Å². The smallest absolute Gasteiger partial charge is 0.00746 e. The normalized spacial score (nSPS) is 11.4. The third-order valence-corrected chi connectivity index (χ3v) is 3.53. The van der Waals surface area contributed by atoms with Gasteiger partial charge in [-0.3, -0.25) is 0 Å². The minimum Gasteiger partial charge on any atom is -0.126 e. The fraction of sp³-hybridized carbons (Fsp3) is 0.600.